The number of phenols is 1. The van der Waals surface area contributed by atoms with Gasteiger partial charge in [0, 0.05) is 36.3 Å². The van der Waals surface area contributed by atoms with Crippen LogP contribution in [0.4, 0.5) is 0 Å². The molecule has 138 valence electrons. The Morgan fingerprint density at radius 3 is 2.82 bits per heavy atom. The van der Waals surface area contributed by atoms with E-state index in [1.807, 2.05) is 24.3 Å². The maximum atomic E-state index is 12.9. The van der Waals surface area contributed by atoms with Crippen LogP contribution in [0.3, 0.4) is 0 Å². The minimum atomic E-state index is -0.209. The number of rotatable bonds is 2. The molecule has 0 aliphatic carbocycles. The minimum Gasteiger partial charge on any atom is -0.504 e. The average Bonchev–Trinajstić information content (AvgIpc) is 2.97. The smallest absolute Gasteiger partial charge is 0.255 e. The third kappa shape index (κ3) is 3.35. The number of pyridine rings is 2. The molecule has 3 aromatic rings. The predicted molar refractivity (Wildman–Crippen MR) is 101 cm³/mol. The topological polar surface area (TPSA) is 99.3 Å². The number of nitriles is 1. The van der Waals surface area contributed by atoms with E-state index in [1.165, 1.54) is 12.3 Å². The fraction of sp³-hybridized carbons (Fsp3) is 0.143. The number of aromatic hydroxyl groups is 1. The first-order valence-electron chi connectivity index (χ1n) is 8.70. The summed E-state index contributed by atoms with van der Waals surface area (Å²) in [6.07, 6.45) is 4.79. The lowest BCUT2D eigenvalue weighted by Crippen LogP contribution is -2.32. The molecule has 0 saturated heterocycles. The number of fused-ring (bicyclic) bond motifs is 1. The lowest BCUT2D eigenvalue weighted by molar-refractivity contribution is 0.0732. The van der Waals surface area contributed by atoms with Crippen molar-refractivity contribution in [2.45, 2.75) is 6.54 Å². The maximum absolute atomic E-state index is 12.9. The second-order valence-electron chi connectivity index (χ2n) is 6.34. The molecule has 0 unspecified atom stereocenters. The first-order valence-corrected chi connectivity index (χ1v) is 8.70. The Morgan fingerprint density at radius 1 is 1.21 bits per heavy atom. The van der Waals surface area contributed by atoms with E-state index in [2.05, 4.69) is 9.97 Å². The summed E-state index contributed by atoms with van der Waals surface area (Å²) in [4.78, 5) is 22.6. The summed E-state index contributed by atoms with van der Waals surface area (Å²) in [5.74, 6) is 0.214. The van der Waals surface area contributed by atoms with E-state index < -0.39 is 0 Å². The van der Waals surface area contributed by atoms with Gasteiger partial charge in [-0.3, -0.25) is 9.78 Å². The van der Waals surface area contributed by atoms with Gasteiger partial charge in [0.05, 0.1) is 12.1 Å². The van der Waals surface area contributed by atoms with Crippen molar-refractivity contribution in [1.82, 2.24) is 14.9 Å². The maximum Gasteiger partial charge on any atom is 0.255 e. The molecule has 0 atom stereocenters. The summed E-state index contributed by atoms with van der Waals surface area (Å²) < 4.78 is 5.70. The standard InChI is InChI=1S/C21H16N4O3/c22-10-18-4-3-15(12-24-18)21(27)25-6-7-28-20-17(13-25)8-16(9-19(20)26)14-2-1-5-23-11-14/h1-5,8-9,11-12,26H,6-7,13H2. The van der Waals surface area contributed by atoms with Crippen molar-refractivity contribution in [2.75, 3.05) is 13.2 Å². The number of ether oxygens (including phenoxy) is 1. The van der Waals surface area contributed by atoms with E-state index in [0.29, 0.717) is 23.4 Å². The zero-order chi connectivity index (χ0) is 19.5. The summed E-state index contributed by atoms with van der Waals surface area (Å²) in [7, 11) is 0. The number of nitrogens with zero attached hydrogens (tertiary/aromatic N) is 4. The Balaban J connectivity index is 1.66. The van der Waals surface area contributed by atoms with Crippen molar-refractivity contribution in [3.8, 4) is 28.7 Å². The summed E-state index contributed by atoms with van der Waals surface area (Å²) >= 11 is 0. The van der Waals surface area contributed by atoms with Crippen LogP contribution >= 0.6 is 0 Å². The highest BCUT2D eigenvalue weighted by atomic mass is 16.5. The van der Waals surface area contributed by atoms with Crippen LogP contribution in [0.1, 0.15) is 21.6 Å². The van der Waals surface area contributed by atoms with Crippen LogP contribution in [0.2, 0.25) is 0 Å². The Hall–Kier alpha value is -3.92. The molecule has 7 heteroatoms. The van der Waals surface area contributed by atoms with E-state index >= 15 is 0 Å². The molecule has 0 radical (unpaired) electrons. The zero-order valence-corrected chi connectivity index (χ0v) is 14.9. The van der Waals surface area contributed by atoms with Crippen LogP contribution < -0.4 is 4.74 Å². The van der Waals surface area contributed by atoms with Gasteiger partial charge < -0.3 is 14.7 Å². The molecule has 4 rings (SSSR count). The van der Waals surface area contributed by atoms with Gasteiger partial charge in [-0.2, -0.15) is 5.26 Å². The van der Waals surface area contributed by atoms with E-state index in [4.69, 9.17) is 10.00 Å². The third-order valence-corrected chi connectivity index (χ3v) is 4.52. The van der Waals surface area contributed by atoms with E-state index in [1.54, 1.807) is 29.4 Å². The van der Waals surface area contributed by atoms with Crippen molar-refractivity contribution < 1.29 is 14.6 Å². The van der Waals surface area contributed by atoms with Crippen molar-refractivity contribution in [3.05, 3.63) is 71.8 Å². The molecule has 0 bridgehead atoms. The number of hydrogen-bond acceptors (Lipinski definition) is 6. The molecular formula is C21H16N4O3. The zero-order valence-electron chi connectivity index (χ0n) is 14.9. The molecule has 0 spiro atoms. The molecule has 1 N–H and O–H groups in total. The quantitative estimate of drug-likeness (QED) is 0.743. The summed E-state index contributed by atoms with van der Waals surface area (Å²) in [6.45, 7) is 0.924. The molecule has 1 amide bonds. The van der Waals surface area contributed by atoms with E-state index in [-0.39, 0.29) is 30.5 Å². The fourth-order valence-electron chi connectivity index (χ4n) is 3.14. The monoisotopic (exact) mass is 372 g/mol. The van der Waals surface area contributed by atoms with Crippen LogP contribution in [0.25, 0.3) is 11.1 Å². The first-order chi connectivity index (χ1) is 13.7. The lowest BCUT2D eigenvalue weighted by atomic mass is 10.0. The van der Waals surface area contributed by atoms with Crippen molar-refractivity contribution in [3.63, 3.8) is 0 Å². The molecule has 0 saturated carbocycles. The Labute approximate surface area is 161 Å². The Morgan fingerprint density at radius 2 is 2.11 bits per heavy atom. The van der Waals surface area contributed by atoms with Crippen molar-refractivity contribution >= 4 is 5.91 Å². The van der Waals surface area contributed by atoms with Gasteiger partial charge in [0.1, 0.15) is 18.4 Å². The molecule has 28 heavy (non-hydrogen) atoms. The summed E-state index contributed by atoms with van der Waals surface area (Å²) in [5.41, 5.74) is 3.02. The number of carbonyl (C=O) groups is 1. The normalized spacial score (nSPS) is 13.0. The molecule has 7 nitrogen and oxygen atoms in total. The van der Waals surface area contributed by atoms with Gasteiger partial charge in [-0.25, -0.2) is 4.98 Å². The van der Waals surface area contributed by atoms with E-state index in [9.17, 15) is 9.90 Å². The van der Waals surface area contributed by atoms with Gasteiger partial charge in [0.25, 0.3) is 5.91 Å². The number of aromatic nitrogens is 2. The highest BCUT2D eigenvalue weighted by Gasteiger charge is 2.24. The highest BCUT2D eigenvalue weighted by molar-refractivity contribution is 5.94. The van der Waals surface area contributed by atoms with Gasteiger partial charge in [-0.05, 0) is 35.9 Å². The number of carbonyl (C=O) groups excluding carboxylic acids is 1. The van der Waals surface area contributed by atoms with Crippen molar-refractivity contribution in [1.29, 1.82) is 5.26 Å². The van der Waals surface area contributed by atoms with Gasteiger partial charge >= 0.3 is 0 Å². The minimum absolute atomic E-state index is 0.0330. The molecule has 1 aliphatic heterocycles. The number of hydrogen-bond donors (Lipinski definition) is 1. The van der Waals surface area contributed by atoms with Crippen molar-refractivity contribution in [2.24, 2.45) is 0 Å². The van der Waals surface area contributed by atoms with E-state index in [0.717, 1.165) is 11.1 Å². The average molecular weight is 372 g/mol. The summed E-state index contributed by atoms with van der Waals surface area (Å²) in [5, 5.41) is 19.3. The third-order valence-electron chi connectivity index (χ3n) is 4.52. The molecule has 1 aliphatic rings. The number of amides is 1. The molecule has 3 heterocycles. The number of benzene rings is 1. The van der Waals surface area contributed by atoms with Gasteiger partial charge in [-0.1, -0.05) is 6.07 Å². The van der Waals surface area contributed by atoms with Gasteiger partial charge in [-0.15, -0.1) is 0 Å². The Bertz CT molecular complexity index is 1060. The van der Waals surface area contributed by atoms with Gasteiger partial charge in [0.2, 0.25) is 0 Å². The molecule has 2 aromatic heterocycles. The lowest BCUT2D eigenvalue weighted by Gasteiger charge is -2.20. The number of phenolic OH excluding ortho intramolecular Hbond substituents is 1. The Kier molecular flexibility index (Phi) is 4.60. The molecule has 0 fully saturated rings. The first kappa shape index (κ1) is 17.5. The highest BCUT2D eigenvalue weighted by Crippen LogP contribution is 2.37. The van der Waals surface area contributed by atoms with Crippen LogP contribution in [0, 0.1) is 11.3 Å². The van der Waals surface area contributed by atoms with Gasteiger partial charge in [0.15, 0.2) is 11.5 Å². The fourth-order valence-corrected chi connectivity index (χ4v) is 3.14. The molecular weight excluding hydrogens is 356 g/mol. The van der Waals surface area contributed by atoms with Crippen LogP contribution in [-0.2, 0) is 6.54 Å². The summed E-state index contributed by atoms with van der Waals surface area (Å²) in [6, 6.07) is 12.3. The predicted octanol–water partition coefficient (Wildman–Crippen LogP) is 2.76. The van der Waals surface area contributed by atoms with Crippen LogP contribution in [-0.4, -0.2) is 39.0 Å². The molecule has 1 aromatic carbocycles. The largest absolute Gasteiger partial charge is 0.504 e. The van der Waals surface area contributed by atoms with Crippen LogP contribution in [0.15, 0.2) is 55.0 Å². The second kappa shape index (κ2) is 7.37. The second-order valence-corrected chi connectivity index (χ2v) is 6.34. The van der Waals surface area contributed by atoms with Crippen LogP contribution in [0.5, 0.6) is 11.5 Å². The SMILES string of the molecule is N#Cc1ccc(C(=O)N2CCOc3c(O)cc(-c4cccnc4)cc3C2)cn1.